The molecule has 0 rings (SSSR count). The van der Waals surface area contributed by atoms with Gasteiger partial charge >= 0.3 is 5.97 Å². The Labute approximate surface area is 96.3 Å². The van der Waals surface area contributed by atoms with Crippen LogP contribution in [0.4, 0.5) is 0 Å². The van der Waals surface area contributed by atoms with Crippen LogP contribution in [0.5, 0.6) is 0 Å². The largest absolute Gasteiger partial charge is 0.469 e. The molecule has 0 unspecified atom stereocenters. The van der Waals surface area contributed by atoms with Crippen LogP contribution in [-0.2, 0) is 14.3 Å². The number of aliphatic hydroxyl groups excluding tert-OH is 1. The van der Waals surface area contributed by atoms with Crippen LogP contribution < -0.4 is 0 Å². The molecule has 0 fully saturated rings. The average molecular weight is 228 g/mol. The fraction of sp³-hybridized carbons (Fsp3) is 0.667. The van der Waals surface area contributed by atoms with Crippen LogP contribution in [0.25, 0.3) is 0 Å². The molecule has 0 atom stereocenters. The molecule has 0 saturated heterocycles. The maximum atomic E-state index is 11.3. The SMILES string of the molecule is COC(=O)CCCC(=O)CCC/C=C/CO. The number of hydrogen-bond acceptors (Lipinski definition) is 4. The third kappa shape index (κ3) is 9.40. The van der Waals surface area contributed by atoms with Crippen molar-refractivity contribution in [3.8, 4) is 0 Å². The third-order valence-corrected chi connectivity index (χ3v) is 2.16. The minimum atomic E-state index is -0.265. The molecule has 0 heterocycles. The number of allylic oxidation sites excluding steroid dienone is 1. The molecule has 4 heteroatoms. The van der Waals surface area contributed by atoms with Crippen molar-refractivity contribution in [2.24, 2.45) is 0 Å². The van der Waals surface area contributed by atoms with E-state index in [1.165, 1.54) is 7.11 Å². The number of Topliss-reactive ketones (excluding diaryl/α,β-unsaturated/α-hetero) is 1. The number of methoxy groups -OCH3 is 1. The molecule has 4 nitrogen and oxygen atoms in total. The van der Waals surface area contributed by atoms with Crippen LogP contribution in [-0.4, -0.2) is 30.6 Å². The van der Waals surface area contributed by atoms with Gasteiger partial charge in [-0.2, -0.15) is 0 Å². The van der Waals surface area contributed by atoms with Gasteiger partial charge in [-0.25, -0.2) is 0 Å². The molecule has 0 radical (unpaired) electrons. The lowest BCUT2D eigenvalue weighted by atomic mass is 10.1. The number of carbonyl (C=O) groups is 2. The average Bonchev–Trinajstić information content (AvgIpc) is 2.28. The summed E-state index contributed by atoms with van der Waals surface area (Å²) < 4.78 is 4.47. The van der Waals surface area contributed by atoms with Gasteiger partial charge in [-0.15, -0.1) is 0 Å². The fourth-order valence-corrected chi connectivity index (χ4v) is 1.27. The molecule has 0 aromatic carbocycles. The van der Waals surface area contributed by atoms with Crippen molar-refractivity contribution in [1.29, 1.82) is 0 Å². The molecule has 92 valence electrons. The summed E-state index contributed by atoms with van der Waals surface area (Å²) in [5.74, 6) is -0.0834. The van der Waals surface area contributed by atoms with Gasteiger partial charge < -0.3 is 9.84 Å². The summed E-state index contributed by atoms with van der Waals surface area (Å²) in [4.78, 5) is 22.1. The van der Waals surface area contributed by atoms with Crippen LogP contribution >= 0.6 is 0 Å². The molecule has 0 aromatic heterocycles. The van der Waals surface area contributed by atoms with Crippen molar-refractivity contribution in [2.75, 3.05) is 13.7 Å². The van der Waals surface area contributed by atoms with Crippen LogP contribution in [0.1, 0.15) is 38.5 Å². The molecule has 0 aliphatic rings. The van der Waals surface area contributed by atoms with E-state index < -0.39 is 0 Å². The Morgan fingerprint density at radius 1 is 1.12 bits per heavy atom. The second kappa shape index (κ2) is 10.4. The monoisotopic (exact) mass is 228 g/mol. The molecule has 0 amide bonds. The molecule has 0 aliphatic carbocycles. The Balaban J connectivity index is 3.38. The van der Waals surface area contributed by atoms with Crippen molar-refractivity contribution in [3.05, 3.63) is 12.2 Å². The topological polar surface area (TPSA) is 63.6 Å². The smallest absolute Gasteiger partial charge is 0.305 e. The number of ketones is 1. The number of ether oxygens (including phenoxy) is 1. The molecule has 0 aromatic rings. The summed E-state index contributed by atoms with van der Waals surface area (Å²) in [6.45, 7) is 0.0487. The predicted molar refractivity (Wildman–Crippen MR) is 61.0 cm³/mol. The zero-order valence-electron chi connectivity index (χ0n) is 9.78. The highest BCUT2D eigenvalue weighted by atomic mass is 16.5. The molecular formula is C12H20O4. The fourth-order valence-electron chi connectivity index (χ4n) is 1.27. The number of esters is 1. The van der Waals surface area contributed by atoms with E-state index in [4.69, 9.17) is 5.11 Å². The number of unbranched alkanes of at least 4 members (excludes halogenated alkanes) is 1. The first kappa shape index (κ1) is 14.8. The van der Waals surface area contributed by atoms with Gasteiger partial charge in [-0.1, -0.05) is 12.2 Å². The normalized spacial score (nSPS) is 10.6. The van der Waals surface area contributed by atoms with Crippen molar-refractivity contribution >= 4 is 11.8 Å². The lowest BCUT2D eigenvalue weighted by Gasteiger charge is -1.99. The first-order valence-corrected chi connectivity index (χ1v) is 5.55. The molecule has 1 N–H and O–H groups in total. The van der Waals surface area contributed by atoms with E-state index in [0.29, 0.717) is 25.7 Å². The summed E-state index contributed by atoms with van der Waals surface area (Å²) in [6, 6.07) is 0. The van der Waals surface area contributed by atoms with Crippen molar-refractivity contribution < 1.29 is 19.4 Å². The Kier molecular flexibility index (Phi) is 9.61. The maximum absolute atomic E-state index is 11.3. The molecule has 0 spiro atoms. The van der Waals surface area contributed by atoms with Crippen LogP contribution in [0.3, 0.4) is 0 Å². The summed E-state index contributed by atoms with van der Waals surface area (Å²) in [5.41, 5.74) is 0. The van der Waals surface area contributed by atoms with E-state index in [-0.39, 0.29) is 18.4 Å². The van der Waals surface area contributed by atoms with Crippen LogP contribution in [0, 0.1) is 0 Å². The summed E-state index contributed by atoms with van der Waals surface area (Å²) in [7, 11) is 1.34. The van der Waals surface area contributed by atoms with E-state index in [0.717, 1.165) is 12.8 Å². The van der Waals surface area contributed by atoms with E-state index in [1.807, 2.05) is 6.08 Å². The first-order chi connectivity index (χ1) is 7.70. The molecule has 16 heavy (non-hydrogen) atoms. The summed E-state index contributed by atoms with van der Waals surface area (Å²) in [6.07, 6.45) is 7.00. The van der Waals surface area contributed by atoms with Gasteiger partial charge in [0.15, 0.2) is 0 Å². The van der Waals surface area contributed by atoms with E-state index in [2.05, 4.69) is 4.74 Å². The van der Waals surface area contributed by atoms with Gasteiger partial charge in [-0.3, -0.25) is 9.59 Å². The van der Waals surface area contributed by atoms with Crippen molar-refractivity contribution in [1.82, 2.24) is 0 Å². The van der Waals surface area contributed by atoms with E-state index >= 15 is 0 Å². The lowest BCUT2D eigenvalue weighted by Crippen LogP contribution is -2.03. The summed E-state index contributed by atoms with van der Waals surface area (Å²) >= 11 is 0. The number of hydrogen-bond donors (Lipinski definition) is 1. The van der Waals surface area contributed by atoms with Crippen molar-refractivity contribution in [2.45, 2.75) is 38.5 Å². The Morgan fingerprint density at radius 2 is 1.81 bits per heavy atom. The minimum absolute atomic E-state index is 0.0487. The van der Waals surface area contributed by atoms with Gasteiger partial charge in [-0.05, 0) is 19.3 Å². The maximum Gasteiger partial charge on any atom is 0.305 e. The number of rotatable bonds is 9. The second-order valence-corrected chi connectivity index (χ2v) is 3.51. The van der Waals surface area contributed by atoms with Gasteiger partial charge in [0, 0.05) is 19.3 Å². The Hall–Kier alpha value is -1.16. The third-order valence-electron chi connectivity index (χ3n) is 2.16. The molecule has 0 saturated carbocycles. The zero-order valence-corrected chi connectivity index (χ0v) is 9.78. The molecule has 0 aliphatic heterocycles. The quantitative estimate of drug-likeness (QED) is 0.370. The number of aliphatic hydroxyl groups is 1. The van der Waals surface area contributed by atoms with E-state index in [1.54, 1.807) is 6.08 Å². The summed E-state index contributed by atoms with van der Waals surface area (Å²) in [5, 5.41) is 8.47. The standard InChI is InChI=1S/C12H20O4/c1-16-12(15)9-6-8-11(14)7-4-2-3-5-10-13/h3,5,13H,2,4,6-10H2,1H3/b5-3+. The predicted octanol–water partition coefficient (Wildman–Crippen LogP) is 1.62. The van der Waals surface area contributed by atoms with Gasteiger partial charge in [0.25, 0.3) is 0 Å². The van der Waals surface area contributed by atoms with Crippen LogP contribution in [0.15, 0.2) is 12.2 Å². The van der Waals surface area contributed by atoms with Gasteiger partial charge in [0.2, 0.25) is 0 Å². The number of carbonyl (C=O) groups excluding carboxylic acids is 2. The minimum Gasteiger partial charge on any atom is -0.469 e. The molecular weight excluding hydrogens is 208 g/mol. The Morgan fingerprint density at radius 3 is 2.44 bits per heavy atom. The lowest BCUT2D eigenvalue weighted by molar-refractivity contribution is -0.140. The zero-order chi connectivity index (χ0) is 12.2. The first-order valence-electron chi connectivity index (χ1n) is 5.55. The highest BCUT2D eigenvalue weighted by molar-refractivity contribution is 5.79. The van der Waals surface area contributed by atoms with Gasteiger partial charge in [0.1, 0.15) is 5.78 Å². The molecule has 0 bridgehead atoms. The van der Waals surface area contributed by atoms with E-state index in [9.17, 15) is 9.59 Å². The second-order valence-electron chi connectivity index (χ2n) is 3.51. The highest BCUT2D eigenvalue weighted by Gasteiger charge is 2.04. The van der Waals surface area contributed by atoms with Crippen molar-refractivity contribution in [3.63, 3.8) is 0 Å². The Bertz CT molecular complexity index is 233. The van der Waals surface area contributed by atoms with Gasteiger partial charge in [0.05, 0.1) is 13.7 Å². The van der Waals surface area contributed by atoms with Crippen LogP contribution in [0.2, 0.25) is 0 Å². The highest BCUT2D eigenvalue weighted by Crippen LogP contribution is 2.04.